The molecule has 1 aromatic carbocycles. The summed E-state index contributed by atoms with van der Waals surface area (Å²) in [6, 6.07) is 8.43. The molecule has 0 saturated carbocycles. The summed E-state index contributed by atoms with van der Waals surface area (Å²) < 4.78 is 15.9. The number of ether oxygens (including phenoxy) is 3. The van der Waals surface area contributed by atoms with Gasteiger partial charge in [-0.25, -0.2) is 0 Å². The van der Waals surface area contributed by atoms with Crippen molar-refractivity contribution in [2.24, 2.45) is 5.92 Å². The molecule has 1 fully saturated rings. The zero-order valence-corrected chi connectivity index (χ0v) is 12.3. The molecule has 0 unspecified atom stereocenters. The number of rotatable bonds is 8. The third-order valence-electron chi connectivity index (χ3n) is 3.56. The minimum Gasteiger partial charge on any atom is -0.385 e. The Morgan fingerprint density at radius 3 is 2.90 bits per heavy atom. The second kappa shape index (κ2) is 8.95. The molecular formula is C16H25NO3. The molecule has 1 heterocycles. The standard InChI is InChI=1S/C16H25NO3/c1-18-9-10-20-13-15-3-2-4-16(11-15)17-12-14-5-7-19-8-6-14/h2-4,11,14,17H,5-10,12-13H2,1H3. The fraction of sp³-hybridized carbons (Fsp3) is 0.625. The van der Waals surface area contributed by atoms with E-state index in [0.717, 1.165) is 38.5 Å². The molecule has 0 bridgehead atoms. The summed E-state index contributed by atoms with van der Waals surface area (Å²) in [5, 5.41) is 3.52. The zero-order valence-electron chi connectivity index (χ0n) is 12.3. The number of hydrogen-bond acceptors (Lipinski definition) is 4. The van der Waals surface area contributed by atoms with Crippen LogP contribution >= 0.6 is 0 Å². The first kappa shape index (κ1) is 15.3. The van der Waals surface area contributed by atoms with E-state index in [0.29, 0.717) is 19.8 Å². The van der Waals surface area contributed by atoms with Gasteiger partial charge in [0.05, 0.1) is 19.8 Å². The molecule has 4 nitrogen and oxygen atoms in total. The van der Waals surface area contributed by atoms with Crippen LogP contribution < -0.4 is 5.32 Å². The molecule has 1 aliphatic rings. The van der Waals surface area contributed by atoms with E-state index in [9.17, 15) is 0 Å². The summed E-state index contributed by atoms with van der Waals surface area (Å²) in [6.07, 6.45) is 2.32. The number of anilines is 1. The van der Waals surface area contributed by atoms with Crippen LogP contribution in [0.2, 0.25) is 0 Å². The van der Waals surface area contributed by atoms with Crippen molar-refractivity contribution in [3.05, 3.63) is 29.8 Å². The van der Waals surface area contributed by atoms with Crippen LogP contribution in [0.4, 0.5) is 5.69 Å². The summed E-state index contributed by atoms with van der Waals surface area (Å²) in [5.74, 6) is 0.727. The fourth-order valence-electron chi connectivity index (χ4n) is 2.32. The van der Waals surface area contributed by atoms with Crippen molar-refractivity contribution in [3.8, 4) is 0 Å². The van der Waals surface area contributed by atoms with Crippen molar-refractivity contribution in [1.82, 2.24) is 0 Å². The molecule has 0 spiro atoms. The molecule has 1 aliphatic heterocycles. The van der Waals surface area contributed by atoms with E-state index in [1.54, 1.807) is 7.11 Å². The fourth-order valence-corrected chi connectivity index (χ4v) is 2.32. The van der Waals surface area contributed by atoms with Crippen molar-refractivity contribution in [2.45, 2.75) is 19.4 Å². The van der Waals surface area contributed by atoms with E-state index in [-0.39, 0.29) is 0 Å². The van der Waals surface area contributed by atoms with Crippen LogP contribution in [0.25, 0.3) is 0 Å². The van der Waals surface area contributed by atoms with Gasteiger partial charge in [0.15, 0.2) is 0 Å². The van der Waals surface area contributed by atoms with Gasteiger partial charge in [-0.15, -0.1) is 0 Å². The summed E-state index contributed by atoms with van der Waals surface area (Å²) in [4.78, 5) is 0. The quantitative estimate of drug-likeness (QED) is 0.743. The highest BCUT2D eigenvalue weighted by Gasteiger charge is 2.13. The van der Waals surface area contributed by atoms with E-state index in [1.807, 2.05) is 0 Å². The maximum Gasteiger partial charge on any atom is 0.0718 e. The molecule has 2 rings (SSSR count). The van der Waals surface area contributed by atoms with E-state index >= 15 is 0 Å². The molecule has 1 aromatic rings. The molecule has 4 heteroatoms. The monoisotopic (exact) mass is 279 g/mol. The van der Waals surface area contributed by atoms with Gasteiger partial charge >= 0.3 is 0 Å². The van der Waals surface area contributed by atoms with E-state index in [2.05, 4.69) is 29.6 Å². The van der Waals surface area contributed by atoms with Crippen molar-refractivity contribution >= 4 is 5.69 Å². The summed E-state index contributed by atoms with van der Waals surface area (Å²) >= 11 is 0. The van der Waals surface area contributed by atoms with Crippen LogP contribution in [-0.2, 0) is 20.8 Å². The normalized spacial score (nSPS) is 16.2. The third-order valence-corrected chi connectivity index (χ3v) is 3.56. The Bertz CT molecular complexity index is 378. The molecule has 1 saturated heterocycles. The lowest BCUT2D eigenvalue weighted by Gasteiger charge is -2.22. The molecule has 112 valence electrons. The number of nitrogens with one attached hydrogen (secondary N) is 1. The van der Waals surface area contributed by atoms with Crippen LogP contribution in [-0.4, -0.2) is 40.1 Å². The molecule has 0 aromatic heterocycles. The van der Waals surface area contributed by atoms with Gasteiger partial charge in [0.25, 0.3) is 0 Å². The predicted octanol–water partition coefficient (Wildman–Crippen LogP) is 2.69. The highest BCUT2D eigenvalue weighted by atomic mass is 16.5. The molecule has 0 amide bonds. The van der Waals surface area contributed by atoms with Gasteiger partial charge in [-0.3, -0.25) is 0 Å². The maximum atomic E-state index is 5.54. The van der Waals surface area contributed by atoms with Crippen LogP contribution in [0, 0.1) is 5.92 Å². The van der Waals surface area contributed by atoms with Gasteiger partial charge in [-0.1, -0.05) is 12.1 Å². The molecule has 0 atom stereocenters. The van der Waals surface area contributed by atoms with Crippen molar-refractivity contribution < 1.29 is 14.2 Å². The number of hydrogen-bond donors (Lipinski definition) is 1. The van der Waals surface area contributed by atoms with Crippen LogP contribution in [0.5, 0.6) is 0 Å². The topological polar surface area (TPSA) is 39.7 Å². The van der Waals surface area contributed by atoms with Crippen molar-refractivity contribution in [1.29, 1.82) is 0 Å². The highest BCUT2D eigenvalue weighted by molar-refractivity contribution is 5.45. The van der Waals surface area contributed by atoms with Gasteiger partial charge in [0, 0.05) is 32.6 Å². The summed E-state index contributed by atoms with van der Waals surface area (Å²) in [7, 11) is 1.68. The maximum absolute atomic E-state index is 5.54. The molecule has 0 aliphatic carbocycles. The van der Waals surface area contributed by atoms with Crippen LogP contribution in [0.15, 0.2) is 24.3 Å². The Morgan fingerprint density at radius 1 is 1.25 bits per heavy atom. The van der Waals surface area contributed by atoms with Gasteiger partial charge in [-0.05, 0) is 36.5 Å². The van der Waals surface area contributed by atoms with Crippen LogP contribution in [0.1, 0.15) is 18.4 Å². The Balaban J connectivity index is 1.73. The first-order chi connectivity index (χ1) is 9.88. The number of benzene rings is 1. The summed E-state index contributed by atoms with van der Waals surface area (Å²) in [6.45, 7) is 4.74. The Labute approximate surface area is 121 Å². The second-order valence-electron chi connectivity index (χ2n) is 5.18. The SMILES string of the molecule is COCCOCc1cccc(NCC2CCOCC2)c1. The smallest absolute Gasteiger partial charge is 0.0718 e. The average Bonchev–Trinajstić information content (AvgIpc) is 2.51. The van der Waals surface area contributed by atoms with Crippen molar-refractivity contribution in [3.63, 3.8) is 0 Å². The Morgan fingerprint density at radius 2 is 2.10 bits per heavy atom. The van der Waals surface area contributed by atoms with Crippen LogP contribution in [0.3, 0.4) is 0 Å². The molecule has 1 N–H and O–H groups in total. The Kier molecular flexibility index (Phi) is 6.84. The Hall–Kier alpha value is -1.10. The van der Waals surface area contributed by atoms with Crippen molar-refractivity contribution in [2.75, 3.05) is 45.4 Å². The highest BCUT2D eigenvalue weighted by Crippen LogP contribution is 2.17. The minimum atomic E-state index is 0.635. The zero-order chi connectivity index (χ0) is 14.0. The average molecular weight is 279 g/mol. The first-order valence-electron chi connectivity index (χ1n) is 7.35. The third kappa shape index (κ3) is 5.49. The molecular weight excluding hydrogens is 254 g/mol. The molecule has 0 radical (unpaired) electrons. The second-order valence-corrected chi connectivity index (χ2v) is 5.18. The number of methoxy groups -OCH3 is 1. The van der Waals surface area contributed by atoms with E-state index in [4.69, 9.17) is 14.2 Å². The lowest BCUT2D eigenvalue weighted by molar-refractivity contribution is 0.0617. The van der Waals surface area contributed by atoms with E-state index < -0.39 is 0 Å². The van der Waals surface area contributed by atoms with Gasteiger partial charge in [0.2, 0.25) is 0 Å². The van der Waals surface area contributed by atoms with Gasteiger partial charge in [0.1, 0.15) is 0 Å². The largest absolute Gasteiger partial charge is 0.385 e. The van der Waals surface area contributed by atoms with E-state index in [1.165, 1.54) is 11.3 Å². The molecule has 20 heavy (non-hydrogen) atoms. The summed E-state index contributed by atoms with van der Waals surface area (Å²) in [5.41, 5.74) is 2.36. The van der Waals surface area contributed by atoms with Gasteiger partial charge in [-0.2, -0.15) is 0 Å². The van der Waals surface area contributed by atoms with Gasteiger partial charge < -0.3 is 19.5 Å². The lowest BCUT2D eigenvalue weighted by atomic mass is 10.0. The first-order valence-corrected chi connectivity index (χ1v) is 7.35. The predicted molar refractivity (Wildman–Crippen MR) is 80.0 cm³/mol. The lowest BCUT2D eigenvalue weighted by Crippen LogP contribution is -2.22. The minimum absolute atomic E-state index is 0.635.